The topological polar surface area (TPSA) is 0 Å². The third-order valence-electron chi connectivity index (χ3n) is 5.70. The van der Waals surface area contributed by atoms with Gasteiger partial charge in [-0.1, -0.05) is 70.0 Å². The van der Waals surface area contributed by atoms with Crippen molar-refractivity contribution in [3.8, 4) is 0 Å². The Bertz CT molecular complexity index is 568. The molecule has 0 heterocycles. The Morgan fingerprint density at radius 2 is 1.74 bits per heavy atom. The fraction of sp³-hybridized carbons (Fsp3) is 0.565. The van der Waals surface area contributed by atoms with Gasteiger partial charge >= 0.3 is 0 Å². The first-order valence-corrected chi connectivity index (χ1v) is 9.46. The zero-order valence-corrected chi connectivity index (χ0v) is 15.7. The SMILES string of the molecule is CCCCC1Cc2cc(C)c(C)cccccc2C(C)CC1C. The first-order valence-electron chi connectivity index (χ1n) is 9.46. The van der Waals surface area contributed by atoms with Crippen LogP contribution in [0.3, 0.4) is 0 Å². The molecule has 0 N–H and O–H groups in total. The average molecular weight is 311 g/mol. The van der Waals surface area contributed by atoms with Crippen LogP contribution in [0.5, 0.6) is 0 Å². The molecule has 1 aromatic rings. The first kappa shape index (κ1) is 18.0. The molecule has 1 aromatic carbocycles. The number of rotatable bonds is 3. The summed E-state index contributed by atoms with van der Waals surface area (Å²) in [6, 6.07) is 13.6. The quantitative estimate of drug-likeness (QED) is 0.531. The summed E-state index contributed by atoms with van der Waals surface area (Å²) in [5, 5.41) is 0. The van der Waals surface area contributed by atoms with Gasteiger partial charge in [0, 0.05) is 0 Å². The second-order valence-electron chi connectivity index (χ2n) is 7.62. The van der Waals surface area contributed by atoms with Crippen LogP contribution < -0.4 is 0 Å². The average Bonchev–Trinajstić information content (AvgIpc) is 2.62. The van der Waals surface area contributed by atoms with Crippen LogP contribution in [0, 0.1) is 25.7 Å². The van der Waals surface area contributed by atoms with E-state index in [4.69, 9.17) is 0 Å². The molecule has 2 rings (SSSR count). The van der Waals surface area contributed by atoms with Crippen molar-refractivity contribution in [1.29, 1.82) is 0 Å². The molecule has 0 heteroatoms. The minimum atomic E-state index is 0.657. The molecule has 23 heavy (non-hydrogen) atoms. The molecule has 0 aromatic heterocycles. The summed E-state index contributed by atoms with van der Waals surface area (Å²) in [5.41, 5.74) is 5.93. The highest BCUT2D eigenvalue weighted by molar-refractivity contribution is 5.34. The van der Waals surface area contributed by atoms with E-state index in [9.17, 15) is 0 Å². The van der Waals surface area contributed by atoms with Gasteiger partial charge in [0.25, 0.3) is 0 Å². The lowest BCUT2D eigenvalue weighted by Gasteiger charge is -2.22. The smallest absolute Gasteiger partial charge is 0.0185 e. The van der Waals surface area contributed by atoms with Gasteiger partial charge in [-0.2, -0.15) is 0 Å². The highest BCUT2D eigenvalue weighted by atomic mass is 14.3. The number of hydrogen-bond acceptors (Lipinski definition) is 0. The third kappa shape index (κ3) is 4.83. The van der Waals surface area contributed by atoms with E-state index in [2.05, 4.69) is 71.0 Å². The number of hydrogen-bond donors (Lipinski definition) is 0. The van der Waals surface area contributed by atoms with Crippen molar-refractivity contribution in [2.75, 3.05) is 0 Å². The molecule has 0 amide bonds. The van der Waals surface area contributed by atoms with E-state index in [1.807, 2.05) is 0 Å². The molecule has 0 spiro atoms. The Morgan fingerprint density at radius 3 is 2.48 bits per heavy atom. The van der Waals surface area contributed by atoms with E-state index >= 15 is 0 Å². The van der Waals surface area contributed by atoms with Gasteiger partial charge in [-0.25, -0.2) is 0 Å². The van der Waals surface area contributed by atoms with Crippen LogP contribution in [0.1, 0.15) is 74.6 Å². The van der Waals surface area contributed by atoms with E-state index in [1.165, 1.54) is 43.2 Å². The summed E-state index contributed by atoms with van der Waals surface area (Å²) in [6.07, 6.45) is 6.63. The zero-order valence-electron chi connectivity index (χ0n) is 15.7. The summed E-state index contributed by atoms with van der Waals surface area (Å²) in [4.78, 5) is 0. The van der Waals surface area contributed by atoms with E-state index in [1.54, 1.807) is 11.1 Å². The Labute approximate surface area is 143 Å². The van der Waals surface area contributed by atoms with Gasteiger partial charge in [0.15, 0.2) is 0 Å². The maximum Gasteiger partial charge on any atom is -0.0185 e. The van der Waals surface area contributed by atoms with E-state index in [0.717, 1.165) is 11.8 Å². The maximum absolute atomic E-state index is 2.47. The molecule has 0 nitrogen and oxygen atoms in total. The van der Waals surface area contributed by atoms with Gasteiger partial charge in [0.05, 0.1) is 0 Å². The molecular weight excluding hydrogens is 276 g/mol. The Hall–Kier alpha value is -1.30. The third-order valence-corrected chi connectivity index (χ3v) is 5.70. The van der Waals surface area contributed by atoms with E-state index in [0.29, 0.717) is 5.92 Å². The highest BCUT2D eigenvalue weighted by Gasteiger charge is 2.25. The Balaban J connectivity index is 2.53. The normalized spacial score (nSPS) is 23.6. The molecule has 126 valence electrons. The molecule has 0 aliphatic heterocycles. The zero-order chi connectivity index (χ0) is 16.8. The van der Waals surface area contributed by atoms with Gasteiger partial charge in [-0.05, 0) is 73.1 Å². The summed E-state index contributed by atoms with van der Waals surface area (Å²) in [7, 11) is 0. The maximum atomic E-state index is 2.47. The fourth-order valence-corrected chi connectivity index (χ4v) is 3.99. The molecule has 1 aliphatic rings. The van der Waals surface area contributed by atoms with Crippen molar-refractivity contribution in [3.63, 3.8) is 0 Å². The number of unbranched alkanes of at least 4 members (excludes halogenated alkanes) is 1. The van der Waals surface area contributed by atoms with Gasteiger partial charge in [0.1, 0.15) is 0 Å². The predicted molar refractivity (Wildman–Crippen MR) is 102 cm³/mol. The second kappa shape index (κ2) is 8.52. The molecule has 0 saturated heterocycles. The molecule has 0 fully saturated rings. The molecular formula is C23H34. The summed E-state index contributed by atoms with van der Waals surface area (Å²) in [5.74, 6) is 2.32. The molecule has 0 bridgehead atoms. The van der Waals surface area contributed by atoms with Crippen LogP contribution in [0.25, 0.3) is 0 Å². The Kier molecular flexibility index (Phi) is 6.69. The highest BCUT2D eigenvalue weighted by Crippen LogP contribution is 2.37. The molecule has 3 unspecified atom stereocenters. The minimum absolute atomic E-state index is 0.657. The van der Waals surface area contributed by atoms with E-state index in [-0.39, 0.29) is 0 Å². The van der Waals surface area contributed by atoms with Crippen molar-refractivity contribution in [2.24, 2.45) is 11.8 Å². The minimum Gasteiger partial charge on any atom is -0.0654 e. The molecule has 0 saturated carbocycles. The van der Waals surface area contributed by atoms with Gasteiger partial charge in [-0.15, -0.1) is 0 Å². The summed E-state index contributed by atoms with van der Waals surface area (Å²) in [6.45, 7) is 11.7. The van der Waals surface area contributed by atoms with Crippen molar-refractivity contribution in [3.05, 3.63) is 58.7 Å². The van der Waals surface area contributed by atoms with E-state index < -0.39 is 0 Å². The van der Waals surface area contributed by atoms with Crippen LogP contribution >= 0.6 is 0 Å². The van der Waals surface area contributed by atoms with Crippen LogP contribution in [-0.4, -0.2) is 0 Å². The summed E-state index contributed by atoms with van der Waals surface area (Å²) >= 11 is 0. The molecule has 3 atom stereocenters. The second-order valence-corrected chi connectivity index (χ2v) is 7.62. The van der Waals surface area contributed by atoms with Crippen LogP contribution in [0.4, 0.5) is 0 Å². The van der Waals surface area contributed by atoms with Gasteiger partial charge in [0.2, 0.25) is 0 Å². The van der Waals surface area contributed by atoms with Crippen LogP contribution in [-0.2, 0) is 6.42 Å². The lowest BCUT2D eigenvalue weighted by atomic mass is 9.83. The fourth-order valence-electron chi connectivity index (χ4n) is 3.99. The van der Waals surface area contributed by atoms with Crippen molar-refractivity contribution in [2.45, 2.75) is 72.6 Å². The largest absolute Gasteiger partial charge is 0.0654 e. The molecule has 0 radical (unpaired) electrons. The standard InChI is InChI=1S/C23H34/c1-6-7-12-21-16-22-15-18(3)17(2)11-9-8-10-13-23(22)20(5)14-19(21)4/h8-11,13,15,19-21H,6-7,12,14,16H2,1-5H3. The van der Waals surface area contributed by atoms with Gasteiger partial charge < -0.3 is 0 Å². The van der Waals surface area contributed by atoms with Gasteiger partial charge in [-0.3, -0.25) is 0 Å². The lowest BCUT2D eigenvalue weighted by molar-refractivity contribution is 0.307. The number of aryl methyl sites for hydroxylation is 2. The van der Waals surface area contributed by atoms with Crippen LogP contribution in [0.15, 0.2) is 36.4 Å². The predicted octanol–water partition coefficient (Wildman–Crippen LogP) is 6.92. The lowest BCUT2D eigenvalue weighted by Crippen LogP contribution is -2.13. The summed E-state index contributed by atoms with van der Waals surface area (Å²) < 4.78 is 0. The molecule has 1 aliphatic carbocycles. The van der Waals surface area contributed by atoms with Crippen LogP contribution in [0.2, 0.25) is 0 Å². The van der Waals surface area contributed by atoms with Crippen molar-refractivity contribution >= 4 is 0 Å². The first-order chi connectivity index (χ1) is 11.0. The van der Waals surface area contributed by atoms with Crippen molar-refractivity contribution in [1.82, 2.24) is 0 Å². The Morgan fingerprint density at radius 1 is 1.00 bits per heavy atom. The number of fused-ring (bicyclic) bond motifs is 1. The monoisotopic (exact) mass is 310 g/mol. The van der Waals surface area contributed by atoms with Crippen molar-refractivity contribution < 1.29 is 0 Å².